The summed E-state index contributed by atoms with van der Waals surface area (Å²) in [5, 5.41) is 3.59. The smallest absolute Gasteiger partial charge is 0.0634 e. The van der Waals surface area contributed by atoms with E-state index < -0.39 is 0 Å². The first-order valence-electron chi connectivity index (χ1n) is 7.72. The van der Waals surface area contributed by atoms with Gasteiger partial charge in [0.1, 0.15) is 0 Å². The van der Waals surface area contributed by atoms with Gasteiger partial charge in [-0.15, -0.1) is 11.6 Å². The Hall–Kier alpha value is -0.0500. The minimum Gasteiger partial charge on any atom is -0.381 e. The number of rotatable bonds is 5. The van der Waals surface area contributed by atoms with Gasteiger partial charge in [-0.1, -0.05) is 25.0 Å². The zero-order valence-electron chi connectivity index (χ0n) is 12.3. The highest BCUT2D eigenvalue weighted by Gasteiger charge is 2.48. The number of ether oxygens (including phenoxy) is 1. The van der Waals surface area contributed by atoms with Gasteiger partial charge in [-0.3, -0.25) is 0 Å². The Balaban J connectivity index is 2.25. The molecule has 0 bridgehead atoms. The first-order valence-corrected chi connectivity index (χ1v) is 8.16. The maximum atomic E-state index is 6.68. The number of alkyl halides is 1. The molecule has 0 saturated heterocycles. The van der Waals surface area contributed by atoms with Crippen molar-refractivity contribution in [3.63, 3.8) is 0 Å². The zero-order valence-corrected chi connectivity index (χ0v) is 13.1. The summed E-state index contributed by atoms with van der Waals surface area (Å²) >= 11 is 6.68. The Kier molecular flexibility index (Phi) is 5.73. The molecule has 1 N–H and O–H groups in total. The van der Waals surface area contributed by atoms with Crippen LogP contribution >= 0.6 is 11.6 Å². The Morgan fingerprint density at radius 3 is 2.89 bits per heavy atom. The average molecular weight is 286 g/mol. The SMILES string of the molecule is CNCCC1(C2C=CCCC2Cl)CCCCC1OC. The molecule has 2 rings (SSSR count). The van der Waals surface area contributed by atoms with Gasteiger partial charge in [0.2, 0.25) is 0 Å². The van der Waals surface area contributed by atoms with Crippen LogP contribution in [0.1, 0.15) is 44.9 Å². The van der Waals surface area contributed by atoms with Crippen LogP contribution in [0.4, 0.5) is 0 Å². The van der Waals surface area contributed by atoms with E-state index in [1.54, 1.807) is 0 Å². The fourth-order valence-electron chi connectivity index (χ4n) is 4.13. The van der Waals surface area contributed by atoms with Crippen LogP contribution < -0.4 is 5.32 Å². The maximum absolute atomic E-state index is 6.68. The van der Waals surface area contributed by atoms with Gasteiger partial charge in [0.25, 0.3) is 0 Å². The lowest BCUT2D eigenvalue weighted by Gasteiger charge is -2.50. The molecule has 2 nitrogen and oxygen atoms in total. The van der Waals surface area contributed by atoms with Gasteiger partial charge in [0.15, 0.2) is 0 Å². The predicted octanol–water partition coefficient (Wildman–Crippen LogP) is 3.74. The Bertz CT molecular complexity index is 307. The topological polar surface area (TPSA) is 21.3 Å². The van der Waals surface area contributed by atoms with Gasteiger partial charge in [-0.05, 0) is 45.7 Å². The summed E-state index contributed by atoms with van der Waals surface area (Å²) in [5.74, 6) is 0.474. The molecule has 1 saturated carbocycles. The van der Waals surface area contributed by atoms with Crippen LogP contribution in [0.25, 0.3) is 0 Å². The molecule has 4 atom stereocenters. The van der Waals surface area contributed by atoms with Crippen LogP contribution in [0, 0.1) is 11.3 Å². The molecule has 110 valence electrons. The molecule has 0 aromatic rings. The van der Waals surface area contributed by atoms with Gasteiger partial charge in [0.05, 0.1) is 6.10 Å². The van der Waals surface area contributed by atoms with E-state index in [1.165, 1.54) is 32.1 Å². The molecule has 19 heavy (non-hydrogen) atoms. The van der Waals surface area contributed by atoms with Gasteiger partial charge < -0.3 is 10.1 Å². The van der Waals surface area contributed by atoms with E-state index in [1.807, 2.05) is 14.2 Å². The van der Waals surface area contributed by atoms with Crippen LogP contribution in [0.3, 0.4) is 0 Å². The molecular weight excluding hydrogens is 258 g/mol. The van der Waals surface area contributed by atoms with Crippen molar-refractivity contribution in [2.45, 2.75) is 56.4 Å². The first-order chi connectivity index (χ1) is 9.24. The molecular formula is C16H28ClNO. The summed E-state index contributed by atoms with van der Waals surface area (Å²) in [7, 11) is 3.91. The van der Waals surface area contributed by atoms with E-state index in [9.17, 15) is 0 Å². The normalized spacial score (nSPS) is 39.4. The summed E-state index contributed by atoms with van der Waals surface area (Å²) in [5.41, 5.74) is 0.235. The fourth-order valence-corrected chi connectivity index (χ4v) is 4.59. The highest BCUT2D eigenvalue weighted by Crippen LogP contribution is 2.51. The molecule has 1 fully saturated rings. The molecule has 2 aliphatic carbocycles. The van der Waals surface area contributed by atoms with Crippen molar-refractivity contribution in [3.8, 4) is 0 Å². The Labute approximate surface area is 122 Å². The molecule has 0 heterocycles. The summed E-state index contributed by atoms with van der Waals surface area (Å²) in [4.78, 5) is 0. The minimum absolute atomic E-state index is 0.235. The number of hydrogen-bond donors (Lipinski definition) is 1. The van der Waals surface area contributed by atoms with Crippen molar-refractivity contribution >= 4 is 11.6 Å². The first kappa shape index (κ1) is 15.3. The third kappa shape index (κ3) is 3.17. The highest BCUT2D eigenvalue weighted by atomic mass is 35.5. The lowest BCUT2D eigenvalue weighted by atomic mass is 9.60. The van der Waals surface area contributed by atoms with Crippen molar-refractivity contribution in [1.82, 2.24) is 5.32 Å². The second-order valence-electron chi connectivity index (χ2n) is 6.10. The van der Waals surface area contributed by atoms with E-state index in [-0.39, 0.29) is 10.8 Å². The van der Waals surface area contributed by atoms with Crippen LogP contribution in [-0.4, -0.2) is 32.2 Å². The van der Waals surface area contributed by atoms with Crippen molar-refractivity contribution in [2.75, 3.05) is 20.7 Å². The van der Waals surface area contributed by atoms with Gasteiger partial charge in [-0.2, -0.15) is 0 Å². The van der Waals surface area contributed by atoms with Crippen LogP contribution in [0.5, 0.6) is 0 Å². The van der Waals surface area contributed by atoms with Crippen molar-refractivity contribution in [1.29, 1.82) is 0 Å². The molecule has 0 aromatic heterocycles. The fraction of sp³-hybridized carbons (Fsp3) is 0.875. The standard InChI is InChI=1S/C16H28ClNO/c1-18-12-11-16(10-6-5-9-15(16)19-2)13-7-3-4-8-14(13)17/h3,7,13-15,18H,4-6,8-12H2,1-2H3. The molecule has 2 aliphatic rings. The van der Waals surface area contributed by atoms with E-state index in [2.05, 4.69) is 17.5 Å². The second-order valence-corrected chi connectivity index (χ2v) is 6.66. The lowest BCUT2D eigenvalue weighted by molar-refractivity contribution is -0.0732. The van der Waals surface area contributed by atoms with Crippen molar-refractivity contribution < 1.29 is 4.74 Å². The number of hydrogen-bond acceptors (Lipinski definition) is 2. The van der Waals surface area contributed by atoms with Gasteiger partial charge >= 0.3 is 0 Å². The summed E-state index contributed by atoms with van der Waals surface area (Å²) < 4.78 is 5.89. The average Bonchev–Trinajstić information content (AvgIpc) is 2.46. The van der Waals surface area contributed by atoms with Crippen LogP contribution in [0.2, 0.25) is 0 Å². The Morgan fingerprint density at radius 1 is 1.37 bits per heavy atom. The summed E-state index contributed by atoms with van der Waals surface area (Å²) in [6.45, 7) is 1.05. The van der Waals surface area contributed by atoms with E-state index in [0.717, 1.165) is 19.4 Å². The summed E-state index contributed by atoms with van der Waals surface area (Å²) in [6, 6.07) is 0. The number of allylic oxidation sites excluding steroid dienone is 2. The number of nitrogens with one attached hydrogen (secondary N) is 1. The maximum Gasteiger partial charge on any atom is 0.0634 e. The van der Waals surface area contributed by atoms with Crippen molar-refractivity contribution in [3.05, 3.63) is 12.2 Å². The van der Waals surface area contributed by atoms with Crippen LogP contribution in [-0.2, 0) is 4.74 Å². The predicted molar refractivity (Wildman–Crippen MR) is 81.7 cm³/mol. The number of halogens is 1. The van der Waals surface area contributed by atoms with Crippen molar-refractivity contribution in [2.24, 2.45) is 11.3 Å². The quantitative estimate of drug-likeness (QED) is 0.614. The van der Waals surface area contributed by atoms with Gasteiger partial charge in [0, 0.05) is 23.8 Å². The summed E-state index contributed by atoms with van der Waals surface area (Å²) in [6.07, 6.45) is 13.5. The van der Waals surface area contributed by atoms with E-state index in [0.29, 0.717) is 12.0 Å². The third-order valence-corrected chi connectivity index (χ3v) is 5.62. The molecule has 0 spiro atoms. The van der Waals surface area contributed by atoms with Crippen LogP contribution in [0.15, 0.2) is 12.2 Å². The van der Waals surface area contributed by atoms with E-state index in [4.69, 9.17) is 16.3 Å². The molecule has 0 radical (unpaired) electrons. The molecule has 0 aromatic carbocycles. The van der Waals surface area contributed by atoms with Gasteiger partial charge in [-0.25, -0.2) is 0 Å². The lowest BCUT2D eigenvalue weighted by Crippen LogP contribution is -2.49. The second kappa shape index (κ2) is 7.10. The minimum atomic E-state index is 0.235. The molecule has 0 amide bonds. The molecule has 0 aliphatic heterocycles. The monoisotopic (exact) mass is 285 g/mol. The largest absolute Gasteiger partial charge is 0.381 e. The zero-order chi connectivity index (χ0) is 13.7. The highest BCUT2D eigenvalue weighted by molar-refractivity contribution is 6.21. The molecule has 4 unspecified atom stereocenters. The Morgan fingerprint density at radius 2 is 2.21 bits per heavy atom. The van der Waals surface area contributed by atoms with E-state index >= 15 is 0 Å². The molecule has 3 heteroatoms. The third-order valence-electron chi connectivity index (χ3n) is 5.13. The number of methoxy groups -OCH3 is 1.